The molecular weight excluding hydrogens is 234 g/mol. The topological polar surface area (TPSA) is 22.1 Å². The first-order valence-corrected chi connectivity index (χ1v) is 6.04. The summed E-state index contributed by atoms with van der Waals surface area (Å²) in [6.45, 7) is 0. The van der Waals surface area contributed by atoms with Crippen LogP contribution in [0.5, 0.6) is 5.88 Å². The SMILES string of the molecule is COc1ccc2cc(C=CCCCl)ccc2n1. The average Bonchev–Trinajstić information content (AvgIpc) is 2.38. The van der Waals surface area contributed by atoms with E-state index in [1.807, 2.05) is 24.3 Å². The van der Waals surface area contributed by atoms with Crippen LogP contribution in [0.1, 0.15) is 12.0 Å². The van der Waals surface area contributed by atoms with E-state index >= 15 is 0 Å². The number of ether oxygens (including phenoxy) is 1. The van der Waals surface area contributed by atoms with Gasteiger partial charge in [-0.05, 0) is 30.2 Å². The second kappa shape index (κ2) is 5.69. The molecule has 0 bridgehead atoms. The van der Waals surface area contributed by atoms with Crippen LogP contribution in [0.4, 0.5) is 0 Å². The van der Waals surface area contributed by atoms with Crippen LogP contribution in [0, 0.1) is 0 Å². The molecule has 2 aromatic rings. The second-order valence-electron chi connectivity index (χ2n) is 3.69. The lowest BCUT2D eigenvalue weighted by Gasteiger charge is -2.02. The Morgan fingerprint density at radius 1 is 1.29 bits per heavy atom. The lowest BCUT2D eigenvalue weighted by atomic mass is 10.1. The van der Waals surface area contributed by atoms with Crippen molar-refractivity contribution in [1.82, 2.24) is 4.98 Å². The zero-order valence-corrected chi connectivity index (χ0v) is 10.4. The number of benzene rings is 1. The Kier molecular flexibility index (Phi) is 3.99. The first-order chi connectivity index (χ1) is 8.33. The third kappa shape index (κ3) is 2.98. The fraction of sp³-hybridized carbons (Fsp3) is 0.214. The molecular formula is C14H14ClNO. The van der Waals surface area contributed by atoms with E-state index in [-0.39, 0.29) is 0 Å². The smallest absolute Gasteiger partial charge is 0.213 e. The van der Waals surface area contributed by atoms with E-state index in [0.717, 1.165) is 22.9 Å². The number of rotatable bonds is 4. The van der Waals surface area contributed by atoms with Gasteiger partial charge in [-0.3, -0.25) is 0 Å². The summed E-state index contributed by atoms with van der Waals surface area (Å²) in [5, 5.41) is 1.11. The minimum atomic E-state index is 0.642. The number of aromatic nitrogens is 1. The standard InChI is InChI=1S/C14H14ClNO/c1-17-14-8-6-12-10-11(4-2-3-9-15)5-7-13(12)16-14/h2,4-8,10H,3,9H2,1H3. The van der Waals surface area contributed by atoms with Crippen molar-refractivity contribution in [3.63, 3.8) is 0 Å². The third-order valence-corrected chi connectivity index (χ3v) is 2.70. The van der Waals surface area contributed by atoms with Gasteiger partial charge in [-0.15, -0.1) is 11.6 Å². The highest BCUT2D eigenvalue weighted by atomic mass is 35.5. The second-order valence-corrected chi connectivity index (χ2v) is 4.06. The van der Waals surface area contributed by atoms with Crippen LogP contribution in [0.3, 0.4) is 0 Å². The summed E-state index contributed by atoms with van der Waals surface area (Å²) in [7, 11) is 1.62. The number of alkyl halides is 1. The summed E-state index contributed by atoms with van der Waals surface area (Å²) in [6.07, 6.45) is 5.04. The lowest BCUT2D eigenvalue weighted by molar-refractivity contribution is 0.399. The van der Waals surface area contributed by atoms with E-state index in [1.165, 1.54) is 0 Å². The highest BCUT2D eigenvalue weighted by Gasteiger charge is 1.98. The van der Waals surface area contributed by atoms with Crippen molar-refractivity contribution in [2.75, 3.05) is 13.0 Å². The van der Waals surface area contributed by atoms with Crippen LogP contribution in [-0.2, 0) is 0 Å². The molecule has 0 spiro atoms. The van der Waals surface area contributed by atoms with Crippen molar-refractivity contribution >= 4 is 28.6 Å². The minimum absolute atomic E-state index is 0.642. The summed E-state index contributed by atoms with van der Waals surface area (Å²) < 4.78 is 5.09. The summed E-state index contributed by atoms with van der Waals surface area (Å²) in [4.78, 5) is 4.36. The molecule has 1 heterocycles. The van der Waals surface area contributed by atoms with Crippen LogP contribution in [-0.4, -0.2) is 18.0 Å². The predicted molar refractivity (Wildman–Crippen MR) is 72.7 cm³/mol. The van der Waals surface area contributed by atoms with Gasteiger partial charge in [-0.2, -0.15) is 0 Å². The lowest BCUT2D eigenvalue weighted by Crippen LogP contribution is -1.87. The van der Waals surface area contributed by atoms with Crippen molar-refractivity contribution in [3.05, 3.63) is 42.0 Å². The molecule has 2 nitrogen and oxygen atoms in total. The maximum Gasteiger partial charge on any atom is 0.213 e. The minimum Gasteiger partial charge on any atom is -0.481 e. The maximum atomic E-state index is 5.62. The third-order valence-electron chi connectivity index (χ3n) is 2.48. The molecule has 88 valence electrons. The van der Waals surface area contributed by atoms with Gasteiger partial charge in [0.15, 0.2) is 0 Å². The summed E-state index contributed by atoms with van der Waals surface area (Å²) >= 11 is 5.62. The maximum absolute atomic E-state index is 5.62. The van der Waals surface area contributed by atoms with Crippen LogP contribution in [0.2, 0.25) is 0 Å². The number of hydrogen-bond donors (Lipinski definition) is 0. The molecule has 0 fully saturated rings. The monoisotopic (exact) mass is 247 g/mol. The first kappa shape index (κ1) is 11.9. The first-order valence-electron chi connectivity index (χ1n) is 5.51. The Morgan fingerprint density at radius 3 is 2.94 bits per heavy atom. The average molecular weight is 248 g/mol. The molecule has 0 saturated carbocycles. The fourth-order valence-corrected chi connectivity index (χ4v) is 1.75. The van der Waals surface area contributed by atoms with Gasteiger partial charge < -0.3 is 4.74 Å². The van der Waals surface area contributed by atoms with Gasteiger partial charge in [0.05, 0.1) is 12.6 Å². The molecule has 0 radical (unpaired) electrons. The number of pyridine rings is 1. The van der Waals surface area contributed by atoms with E-state index in [9.17, 15) is 0 Å². The molecule has 17 heavy (non-hydrogen) atoms. The summed E-state index contributed by atoms with van der Waals surface area (Å²) in [6, 6.07) is 10.0. The Balaban J connectivity index is 2.31. The molecule has 0 saturated heterocycles. The van der Waals surface area contributed by atoms with E-state index in [0.29, 0.717) is 11.8 Å². The van der Waals surface area contributed by atoms with Gasteiger partial charge >= 0.3 is 0 Å². The number of allylic oxidation sites excluding steroid dienone is 1. The molecule has 1 aromatic carbocycles. The Labute approximate surface area is 106 Å². The van der Waals surface area contributed by atoms with Crippen LogP contribution in [0.15, 0.2) is 36.4 Å². The van der Waals surface area contributed by atoms with E-state index < -0.39 is 0 Å². The number of methoxy groups -OCH3 is 1. The molecule has 0 aliphatic rings. The molecule has 2 rings (SSSR count). The van der Waals surface area contributed by atoms with Gasteiger partial charge in [0, 0.05) is 17.3 Å². The fourth-order valence-electron chi connectivity index (χ4n) is 1.63. The summed E-state index contributed by atoms with van der Waals surface area (Å²) in [5.41, 5.74) is 2.11. The zero-order chi connectivity index (χ0) is 12.1. The van der Waals surface area contributed by atoms with Gasteiger partial charge in [0.25, 0.3) is 0 Å². The number of hydrogen-bond acceptors (Lipinski definition) is 2. The number of halogens is 1. The molecule has 0 aliphatic heterocycles. The van der Waals surface area contributed by atoms with Crippen LogP contribution >= 0.6 is 11.6 Å². The van der Waals surface area contributed by atoms with Crippen molar-refractivity contribution in [2.24, 2.45) is 0 Å². The molecule has 0 amide bonds. The highest BCUT2D eigenvalue weighted by Crippen LogP contribution is 2.18. The summed E-state index contributed by atoms with van der Waals surface area (Å²) in [5.74, 6) is 1.30. The van der Waals surface area contributed by atoms with Gasteiger partial charge in [0.2, 0.25) is 5.88 Å². The van der Waals surface area contributed by atoms with Crippen LogP contribution in [0.25, 0.3) is 17.0 Å². The van der Waals surface area contributed by atoms with Gasteiger partial charge in [0.1, 0.15) is 0 Å². The van der Waals surface area contributed by atoms with Crippen molar-refractivity contribution < 1.29 is 4.74 Å². The molecule has 0 N–H and O–H groups in total. The molecule has 3 heteroatoms. The van der Waals surface area contributed by atoms with Crippen molar-refractivity contribution in [2.45, 2.75) is 6.42 Å². The van der Waals surface area contributed by atoms with E-state index in [1.54, 1.807) is 7.11 Å². The van der Waals surface area contributed by atoms with E-state index in [2.05, 4.69) is 23.2 Å². The van der Waals surface area contributed by atoms with Crippen LogP contribution < -0.4 is 4.74 Å². The quantitative estimate of drug-likeness (QED) is 0.765. The number of nitrogens with zero attached hydrogens (tertiary/aromatic N) is 1. The number of fused-ring (bicyclic) bond motifs is 1. The Morgan fingerprint density at radius 2 is 2.18 bits per heavy atom. The largest absolute Gasteiger partial charge is 0.481 e. The molecule has 0 atom stereocenters. The predicted octanol–water partition coefficient (Wildman–Crippen LogP) is 3.89. The molecule has 0 aliphatic carbocycles. The van der Waals surface area contributed by atoms with Crippen molar-refractivity contribution in [1.29, 1.82) is 0 Å². The normalized spacial score (nSPS) is 11.2. The highest BCUT2D eigenvalue weighted by molar-refractivity contribution is 6.17. The molecule has 1 aromatic heterocycles. The molecule has 0 unspecified atom stereocenters. The van der Waals surface area contributed by atoms with Crippen molar-refractivity contribution in [3.8, 4) is 5.88 Å². The Bertz CT molecular complexity index is 537. The zero-order valence-electron chi connectivity index (χ0n) is 9.69. The van der Waals surface area contributed by atoms with Gasteiger partial charge in [-0.25, -0.2) is 4.98 Å². The Hall–Kier alpha value is -1.54. The van der Waals surface area contributed by atoms with E-state index in [4.69, 9.17) is 16.3 Å². The van der Waals surface area contributed by atoms with Gasteiger partial charge in [-0.1, -0.05) is 18.2 Å².